The van der Waals surface area contributed by atoms with E-state index in [4.69, 9.17) is 4.42 Å². The van der Waals surface area contributed by atoms with Crippen LogP contribution in [0.3, 0.4) is 0 Å². The van der Waals surface area contributed by atoms with Crippen molar-refractivity contribution in [2.45, 2.75) is 45.8 Å². The number of benzene rings is 1. The molecule has 3 nitrogen and oxygen atoms in total. The van der Waals surface area contributed by atoms with E-state index < -0.39 is 6.10 Å². The third-order valence-electron chi connectivity index (χ3n) is 3.21. The molecule has 0 aliphatic rings. The molecule has 0 aliphatic heterocycles. The van der Waals surface area contributed by atoms with E-state index in [-0.39, 0.29) is 5.54 Å². The van der Waals surface area contributed by atoms with Gasteiger partial charge in [-0.1, -0.05) is 22.9 Å². The Morgan fingerprint density at radius 3 is 2.60 bits per heavy atom. The first-order valence-corrected chi connectivity index (χ1v) is 7.74. The van der Waals surface area contributed by atoms with Crippen molar-refractivity contribution in [2.24, 2.45) is 0 Å². The van der Waals surface area contributed by atoms with E-state index in [9.17, 15) is 5.11 Å². The van der Waals surface area contributed by atoms with Gasteiger partial charge in [-0.2, -0.15) is 0 Å². The van der Waals surface area contributed by atoms with Gasteiger partial charge in [-0.15, -0.1) is 0 Å². The maximum atomic E-state index is 10.2. The first-order valence-electron chi connectivity index (χ1n) is 6.95. The minimum atomic E-state index is -0.634. The Morgan fingerprint density at radius 1 is 1.30 bits per heavy atom. The van der Waals surface area contributed by atoms with Crippen molar-refractivity contribution in [1.29, 1.82) is 0 Å². The molecular weight excluding hydrogens is 318 g/mol. The molecule has 0 aliphatic carbocycles. The summed E-state index contributed by atoms with van der Waals surface area (Å²) in [4.78, 5) is 0. The molecule has 20 heavy (non-hydrogen) atoms. The lowest BCUT2D eigenvalue weighted by atomic mass is 10.1. The highest BCUT2D eigenvalue weighted by atomic mass is 79.9. The average molecular weight is 340 g/mol. The van der Waals surface area contributed by atoms with Crippen LogP contribution < -0.4 is 5.32 Å². The third-order valence-corrected chi connectivity index (χ3v) is 3.67. The van der Waals surface area contributed by atoms with Crippen LogP contribution in [0, 0.1) is 0 Å². The molecule has 0 radical (unpaired) electrons. The summed E-state index contributed by atoms with van der Waals surface area (Å²) in [6, 6.07) is 6.01. The molecule has 1 aromatic carbocycles. The zero-order valence-corrected chi connectivity index (χ0v) is 14.0. The third kappa shape index (κ3) is 3.62. The van der Waals surface area contributed by atoms with Gasteiger partial charge in [-0.25, -0.2) is 0 Å². The number of aliphatic hydroxyl groups is 1. The van der Waals surface area contributed by atoms with Gasteiger partial charge in [-0.05, 0) is 51.0 Å². The summed E-state index contributed by atoms with van der Waals surface area (Å²) in [6.07, 6.45) is 0.268. The number of furan rings is 1. The molecule has 0 saturated carbocycles. The highest BCUT2D eigenvalue weighted by molar-refractivity contribution is 9.10. The first-order chi connectivity index (χ1) is 9.30. The molecule has 0 bridgehead atoms. The van der Waals surface area contributed by atoms with E-state index in [0.717, 1.165) is 27.4 Å². The van der Waals surface area contributed by atoms with Gasteiger partial charge < -0.3 is 14.8 Å². The van der Waals surface area contributed by atoms with Crippen molar-refractivity contribution in [3.05, 3.63) is 34.0 Å². The summed E-state index contributed by atoms with van der Waals surface area (Å²) in [5.74, 6) is 0.615. The summed E-state index contributed by atoms with van der Waals surface area (Å²) >= 11 is 3.51. The average Bonchev–Trinajstić information content (AvgIpc) is 2.77. The summed E-state index contributed by atoms with van der Waals surface area (Å²) < 4.78 is 6.90. The number of nitrogens with one attached hydrogen (secondary N) is 1. The SMILES string of the molecule is CCc1cc(Br)cc2cc([C@@H](O)CNC(C)(C)C)oc12. The molecule has 1 heterocycles. The van der Waals surface area contributed by atoms with Crippen LogP contribution in [0.4, 0.5) is 0 Å². The van der Waals surface area contributed by atoms with Crippen LogP contribution in [0.1, 0.15) is 45.1 Å². The van der Waals surface area contributed by atoms with Gasteiger partial charge in [0.25, 0.3) is 0 Å². The van der Waals surface area contributed by atoms with Crippen LogP contribution in [-0.2, 0) is 6.42 Å². The zero-order valence-electron chi connectivity index (χ0n) is 12.5. The Labute approximate surface area is 128 Å². The second-order valence-electron chi connectivity index (χ2n) is 6.13. The van der Waals surface area contributed by atoms with E-state index >= 15 is 0 Å². The highest BCUT2D eigenvalue weighted by Crippen LogP contribution is 2.30. The molecular formula is C16H22BrNO2. The maximum absolute atomic E-state index is 10.2. The number of fused-ring (bicyclic) bond motifs is 1. The van der Waals surface area contributed by atoms with Gasteiger partial charge in [0.2, 0.25) is 0 Å². The van der Waals surface area contributed by atoms with Gasteiger partial charge in [0.05, 0.1) is 0 Å². The Kier molecular flexibility index (Phi) is 4.57. The van der Waals surface area contributed by atoms with Gasteiger partial charge in [0.15, 0.2) is 0 Å². The second kappa shape index (κ2) is 5.88. The zero-order chi connectivity index (χ0) is 14.9. The fourth-order valence-corrected chi connectivity index (χ4v) is 2.66. The molecule has 0 fully saturated rings. The normalized spacial score (nSPS) is 13.9. The smallest absolute Gasteiger partial charge is 0.137 e. The fourth-order valence-electron chi connectivity index (χ4n) is 2.14. The van der Waals surface area contributed by atoms with E-state index in [1.807, 2.05) is 12.1 Å². The number of halogens is 1. The lowest BCUT2D eigenvalue weighted by Crippen LogP contribution is -2.38. The quantitative estimate of drug-likeness (QED) is 0.878. The van der Waals surface area contributed by atoms with Crippen LogP contribution in [0.25, 0.3) is 11.0 Å². The summed E-state index contributed by atoms with van der Waals surface area (Å²) in [5.41, 5.74) is 2.00. The van der Waals surface area contributed by atoms with Gasteiger partial charge in [0.1, 0.15) is 17.4 Å². The number of hydrogen-bond acceptors (Lipinski definition) is 3. The second-order valence-corrected chi connectivity index (χ2v) is 7.05. The van der Waals surface area contributed by atoms with Crippen LogP contribution in [0.5, 0.6) is 0 Å². The van der Waals surface area contributed by atoms with Crippen molar-refractivity contribution in [3.63, 3.8) is 0 Å². The Bertz CT molecular complexity index is 598. The van der Waals surface area contributed by atoms with Crippen molar-refractivity contribution >= 4 is 26.9 Å². The van der Waals surface area contributed by atoms with E-state index in [1.165, 1.54) is 0 Å². The van der Waals surface area contributed by atoms with Gasteiger partial charge in [-0.3, -0.25) is 0 Å². The van der Waals surface area contributed by atoms with Crippen molar-refractivity contribution in [1.82, 2.24) is 5.32 Å². The van der Waals surface area contributed by atoms with Gasteiger partial charge >= 0.3 is 0 Å². The minimum Gasteiger partial charge on any atom is -0.458 e. The van der Waals surface area contributed by atoms with Crippen molar-refractivity contribution in [2.75, 3.05) is 6.54 Å². The molecule has 0 unspecified atom stereocenters. The number of rotatable bonds is 4. The first kappa shape index (κ1) is 15.5. The summed E-state index contributed by atoms with van der Waals surface area (Å²) in [7, 11) is 0. The van der Waals surface area contributed by atoms with Crippen LogP contribution >= 0.6 is 15.9 Å². The standard InChI is InChI=1S/C16H22BrNO2/c1-5-10-6-12(17)7-11-8-14(20-15(10)11)13(19)9-18-16(2,3)4/h6-8,13,18-19H,5,9H2,1-4H3/t13-/m0/s1. The lowest BCUT2D eigenvalue weighted by molar-refractivity contribution is 0.140. The van der Waals surface area contributed by atoms with E-state index in [0.29, 0.717) is 12.3 Å². The molecule has 0 saturated heterocycles. The molecule has 2 N–H and O–H groups in total. The summed E-state index contributed by atoms with van der Waals surface area (Å²) in [5, 5.41) is 14.6. The molecule has 4 heteroatoms. The van der Waals surface area contributed by atoms with E-state index in [2.05, 4.69) is 55.0 Å². The van der Waals surface area contributed by atoms with Crippen LogP contribution in [0.15, 0.2) is 27.1 Å². The van der Waals surface area contributed by atoms with E-state index in [1.54, 1.807) is 0 Å². The highest BCUT2D eigenvalue weighted by Gasteiger charge is 2.18. The predicted molar refractivity (Wildman–Crippen MR) is 86.0 cm³/mol. The topological polar surface area (TPSA) is 45.4 Å². The Hall–Kier alpha value is -0.840. The molecule has 0 amide bonds. The van der Waals surface area contributed by atoms with Gasteiger partial charge in [0, 0.05) is 21.9 Å². The maximum Gasteiger partial charge on any atom is 0.137 e. The van der Waals surface area contributed by atoms with Crippen LogP contribution in [0.2, 0.25) is 0 Å². The molecule has 0 spiro atoms. The number of aliphatic hydroxyl groups excluding tert-OH is 1. The summed E-state index contributed by atoms with van der Waals surface area (Å²) in [6.45, 7) is 8.80. The molecule has 1 aromatic heterocycles. The van der Waals surface area contributed by atoms with Crippen molar-refractivity contribution in [3.8, 4) is 0 Å². The van der Waals surface area contributed by atoms with Crippen LogP contribution in [-0.4, -0.2) is 17.2 Å². The molecule has 1 atom stereocenters. The number of β-amino-alcohol motifs (C(OH)–C–C–N with tert-alkyl or cyclic N) is 1. The molecule has 110 valence electrons. The number of aryl methyl sites for hydroxylation is 1. The largest absolute Gasteiger partial charge is 0.458 e. The number of hydrogen-bond donors (Lipinski definition) is 2. The van der Waals surface area contributed by atoms with Crippen molar-refractivity contribution < 1.29 is 9.52 Å². The monoisotopic (exact) mass is 339 g/mol. The molecule has 2 aromatic rings. The molecule has 2 rings (SSSR count). The lowest BCUT2D eigenvalue weighted by Gasteiger charge is -2.22. The fraction of sp³-hybridized carbons (Fsp3) is 0.500. The Morgan fingerprint density at radius 2 is 2.00 bits per heavy atom. The Balaban J connectivity index is 2.27. The predicted octanol–water partition coefficient (Wildman–Crippen LogP) is 4.18. The minimum absolute atomic E-state index is 0.0232.